The van der Waals surface area contributed by atoms with Crippen molar-refractivity contribution < 1.29 is 0 Å². The van der Waals surface area contributed by atoms with E-state index in [1.54, 1.807) is 0 Å². The normalized spacial score (nSPS) is 12.8. The van der Waals surface area contributed by atoms with Gasteiger partial charge in [0, 0.05) is 39.4 Å². The van der Waals surface area contributed by atoms with E-state index < -0.39 is 0 Å². The zero-order chi connectivity index (χ0) is 14.6. The quantitative estimate of drug-likeness (QED) is 0.484. The molecule has 1 atom stereocenters. The molecule has 116 valence electrons. The first-order valence-corrected chi connectivity index (χ1v) is 6.84. The molecule has 0 aliphatic heterocycles. The standard InChI is InChI=1S/C14H27N5.HI/c1-8-15-14(18(5)6)16-10(2)9-13-11(3)17-19(7)12(13)4;/h10H,8-9H2,1-7H3,(H,15,16);1H. The molecular formula is C14H28IN5. The summed E-state index contributed by atoms with van der Waals surface area (Å²) in [5.74, 6) is 0.939. The van der Waals surface area contributed by atoms with Crippen molar-refractivity contribution in [3.63, 3.8) is 0 Å². The van der Waals surface area contributed by atoms with Crippen LogP contribution in [0.4, 0.5) is 0 Å². The van der Waals surface area contributed by atoms with Gasteiger partial charge in [-0.15, -0.1) is 24.0 Å². The summed E-state index contributed by atoms with van der Waals surface area (Å²) in [6.45, 7) is 9.21. The average Bonchev–Trinajstić information content (AvgIpc) is 2.55. The van der Waals surface area contributed by atoms with Crippen LogP contribution in [0.2, 0.25) is 0 Å². The van der Waals surface area contributed by atoms with E-state index in [0.717, 1.165) is 24.6 Å². The molecule has 1 unspecified atom stereocenters. The van der Waals surface area contributed by atoms with Crippen molar-refractivity contribution in [3.8, 4) is 0 Å². The number of guanidine groups is 1. The van der Waals surface area contributed by atoms with Gasteiger partial charge in [0.1, 0.15) is 0 Å². The van der Waals surface area contributed by atoms with Gasteiger partial charge in [0.15, 0.2) is 5.96 Å². The van der Waals surface area contributed by atoms with Crippen molar-refractivity contribution in [1.29, 1.82) is 0 Å². The Morgan fingerprint density at radius 3 is 2.40 bits per heavy atom. The van der Waals surface area contributed by atoms with E-state index in [-0.39, 0.29) is 24.0 Å². The molecular weight excluding hydrogens is 365 g/mol. The SMILES string of the molecule is CCN=C(NC(C)Cc1c(C)nn(C)c1C)N(C)C.I. The Hall–Kier alpha value is -0.790. The molecule has 0 aliphatic carbocycles. The van der Waals surface area contributed by atoms with E-state index >= 15 is 0 Å². The highest BCUT2D eigenvalue weighted by Gasteiger charge is 2.14. The van der Waals surface area contributed by atoms with Gasteiger partial charge in [-0.2, -0.15) is 5.10 Å². The van der Waals surface area contributed by atoms with Gasteiger partial charge in [0.05, 0.1) is 5.69 Å². The molecule has 1 aromatic heterocycles. The van der Waals surface area contributed by atoms with E-state index in [1.807, 2.05) is 37.6 Å². The van der Waals surface area contributed by atoms with E-state index in [0.29, 0.717) is 6.04 Å². The summed E-state index contributed by atoms with van der Waals surface area (Å²) >= 11 is 0. The molecule has 0 spiro atoms. The first-order chi connectivity index (χ1) is 8.86. The molecule has 0 fully saturated rings. The third-order valence-corrected chi connectivity index (χ3v) is 3.28. The van der Waals surface area contributed by atoms with Crippen LogP contribution >= 0.6 is 24.0 Å². The monoisotopic (exact) mass is 393 g/mol. The third-order valence-electron chi connectivity index (χ3n) is 3.28. The summed E-state index contributed by atoms with van der Waals surface area (Å²) in [6.07, 6.45) is 0.960. The molecule has 0 aromatic carbocycles. The molecule has 20 heavy (non-hydrogen) atoms. The van der Waals surface area contributed by atoms with Crippen LogP contribution in [0.3, 0.4) is 0 Å². The molecule has 1 N–H and O–H groups in total. The summed E-state index contributed by atoms with van der Waals surface area (Å²) in [6, 6.07) is 0.328. The molecule has 0 saturated carbocycles. The predicted octanol–water partition coefficient (Wildman–Crippen LogP) is 2.11. The smallest absolute Gasteiger partial charge is 0.193 e. The number of rotatable bonds is 4. The second-order valence-electron chi connectivity index (χ2n) is 5.21. The van der Waals surface area contributed by atoms with Crippen LogP contribution in [0, 0.1) is 13.8 Å². The van der Waals surface area contributed by atoms with Gasteiger partial charge in [-0.25, -0.2) is 0 Å². The molecule has 1 aromatic rings. The van der Waals surface area contributed by atoms with E-state index in [1.165, 1.54) is 11.3 Å². The highest BCUT2D eigenvalue weighted by Crippen LogP contribution is 2.14. The Morgan fingerprint density at radius 1 is 1.40 bits per heavy atom. The number of aromatic nitrogens is 2. The van der Waals surface area contributed by atoms with Crippen molar-refractivity contribution in [2.75, 3.05) is 20.6 Å². The van der Waals surface area contributed by atoms with E-state index in [2.05, 4.69) is 36.2 Å². The second kappa shape index (κ2) is 8.49. The second-order valence-corrected chi connectivity index (χ2v) is 5.21. The predicted molar refractivity (Wildman–Crippen MR) is 96.1 cm³/mol. The first-order valence-electron chi connectivity index (χ1n) is 6.84. The Balaban J connectivity index is 0.00000361. The zero-order valence-corrected chi connectivity index (χ0v) is 16.0. The maximum atomic E-state index is 4.47. The maximum Gasteiger partial charge on any atom is 0.193 e. The Labute approximate surface area is 139 Å². The first kappa shape index (κ1) is 19.2. The lowest BCUT2D eigenvalue weighted by molar-refractivity contribution is 0.543. The molecule has 0 aliphatic rings. The Morgan fingerprint density at radius 2 is 2.00 bits per heavy atom. The topological polar surface area (TPSA) is 45.5 Å². The van der Waals surface area contributed by atoms with Gasteiger partial charge in [-0.1, -0.05) is 0 Å². The zero-order valence-electron chi connectivity index (χ0n) is 13.7. The number of nitrogens with zero attached hydrogens (tertiary/aromatic N) is 4. The molecule has 1 heterocycles. The van der Waals surface area contributed by atoms with Crippen LogP contribution in [0.25, 0.3) is 0 Å². The van der Waals surface area contributed by atoms with Crippen molar-refractivity contribution in [1.82, 2.24) is 20.0 Å². The van der Waals surface area contributed by atoms with Gasteiger partial charge in [0.25, 0.3) is 0 Å². The lowest BCUT2D eigenvalue weighted by Crippen LogP contribution is -2.42. The molecule has 0 saturated heterocycles. The highest BCUT2D eigenvalue weighted by molar-refractivity contribution is 14.0. The highest BCUT2D eigenvalue weighted by atomic mass is 127. The summed E-state index contributed by atoms with van der Waals surface area (Å²) < 4.78 is 1.95. The fourth-order valence-corrected chi connectivity index (χ4v) is 2.16. The van der Waals surface area contributed by atoms with Crippen molar-refractivity contribution in [2.45, 2.75) is 40.2 Å². The molecule has 0 amide bonds. The van der Waals surface area contributed by atoms with E-state index in [4.69, 9.17) is 0 Å². The van der Waals surface area contributed by atoms with Crippen LogP contribution in [-0.4, -0.2) is 47.3 Å². The number of aliphatic imine (C=N–C) groups is 1. The van der Waals surface area contributed by atoms with Crippen LogP contribution < -0.4 is 5.32 Å². The maximum absolute atomic E-state index is 4.47. The van der Waals surface area contributed by atoms with Crippen molar-refractivity contribution in [3.05, 3.63) is 17.0 Å². The average molecular weight is 393 g/mol. The summed E-state index contributed by atoms with van der Waals surface area (Å²) in [5, 5.41) is 7.93. The Kier molecular flexibility index (Phi) is 8.15. The van der Waals surface area contributed by atoms with Crippen LogP contribution in [0.1, 0.15) is 30.8 Å². The molecule has 6 heteroatoms. The molecule has 0 bridgehead atoms. The third kappa shape index (κ3) is 4.96. The fourth-order valence-electron chi connectivity index (χ4n) is 2.16. The summed E-state index contributed by atoms with van der Waals surface area (Å²) in [7, 11) is 6.01. The molecule has 5 nitrogen and oxygen atoms in total. The van der Waals surface area contributed by atoms with Crippen LogP contribution in [0.5, 0.6) is 0 Å². The number of hydrogen-bond acceptors (Lipinski definition) is 2. The van der Waals surface area contributed by atoms with Gasteiger partial charge in [0.2, 0.25) is 0 Å². The van der Waals surface area contributed by atoms with Gasteiger partial charge in [-0.05, 0) is 39.7 Å². The number of nitrogens with one attached hydrogen (secondary N) is 1. The van der Waals surface area contributed by atoms with Gasteiger partial charge < -0.3 is 10.2 Å². The lowest BCUT2D eigenvalue weighted by atomic mass is 10.1. The van der Waals surface area contributed by atoms with Crippen LogP contribution in [0.15, 0.2) is 4.99 Å². The minimum Gasteiger partial charge on any atom is -0.353 e. The van der Waals surface area contributed by atoms with Gasteiger partial charge in [-0.3, -0.25) is 9.67 Å². The molecule has 0 radical (unpaired) electrons. The van der Waals surface area contributed by atoms with E-state index in [9.17, 15) is 0 Å². The van der Waals surface area contributed by atoms with Crippen LogP contribution in [-0.2, 0) is 13.5 Å². The minimum absolute atomic E-state index is 0. The number of hydrogen-bond donors (Lipinski definition) is 1. The Bertz CT molecular complexity index is 451. The number of halogens is 1. The summed E-state index contributed by atoms with van der Waals surface area (Å²) in [5.41, 5.74) is 3.69. The lowest BCUT2D eigenvalue weighted by Gasteiger charge is -2.22. The minimum atomic E-state index is 0. The fraction of sp³-hybridized carbons (Fsp3) is 0.714. The van der Waals surface area contributed by atoms with Gasteiger partial charge >= 0.3 is 0 Å². The number of aryl methyl sites for hydroxylation is 2. The summed E-state index contributed by atoms with van der Waals surface area (Å²) in [4.78, 5) is 6.48. The largest absolute Gasteiger partial charge is 0.353 e. The van der Waals surface area contributed by atoms with Crippen molar-refractivity contribution >= 4 is 29.9 Å². The molecule has 1 rings (SSSR count). The van der Waals surface area contributed by atoms with Crippen molar-refractivity contribution in [2.24, 2.45) is 12.0 Å².